The molecule has 0 radical (unpaired) electrons. The fourth-order valence-corrected chi connectivity index (χ4v) is 6.93. The van der Waals surface area contributed by atoms with E-state index in [1.54, 1.807) is 41.7 Å². The Labute approximate surface area is 285 Å². The highest BCUT2D eigenvalue weighted by Gasteiger charge is 2.34. The Morgan fingerprint density at radius 2 is 1.75 bits per heavy atom. The third kappa shape index (κ3) is 6.97. The number of hydrogen-bond donors (Lipinski definition) is 1. The summed E-state index contributed by atoms with van der Waals surface area (Å²) in [6.07, 6.45) is 0.518. The van der Waals surface area contributed by atoms with Crippen LogP contribution in [0, 0.1) is 19.7 Å². The molecule has 0 unspecified atom stereocenters. The van der Waals surface area contributed by atoms with Gasteiger partial charge in [0.15, 0.2) is 11.0 Å². The summed E-state index contributed by atoms with van der Waals surface area (Å²) in [5.41, 5.74) is 4.90. The van der Waals surface area contributed by atoms with Crippen molar-refractivity contribution in [2.45, 2.75) is 38.0 Å². The van der Waals surface area contributed by atoms with Gasteiger partial charge in [-0.05, 0) is 72.3 Å². The lowest BCUT2D eigenvalue weighted by Gasteiger charge is -2.22. The van der Waals surface area contributed by atoms with Crippen molar-refractivity contribution in [3.63, 3.8) is 0 Å². The van der Waals surface area contributed by atoms with Gasteiger partial charge in [0.1, 0.15) is 17.3 Å². The largest absolute Gasteiger partial charge is 0.497 e. The predicted molar refractivity (Wildman–Crippen MR) is 184 cm³/mol. The number of hydrazone groups is 1. The van der Waals surface area contributed by atoms with E-state index in [-0.39, 0.29) is 36.0 Å². The molecule has 0 fully saturated rings. The minimum atomic E-state index is -0.367. The summed E-state index contributed by atoms with van der Waals surface area (Å²) in [7, 11) is 3.05. The second-order valence-corrected chi connectivity index (χ2v) is 12.9. The van der Waals surface area contributed by atoms with Crippen LogP contribution < -0.4 is 14.8 Å². The molecule has 0 spiro atoms. The number of thiophene rings is 1. The number of benzene rings is 3. The summed E-state index contributed by atoms with van der Waals surface area (Å²) in [6, 6.07) is 20.6. The lowest BCUT2D eigenvalue weighted by atomic mass is 10.0. The van der Waals surface area contributed by atoms with Gasteiger partial charge in [-0.15, -0.1) is 21.5 Å². The first-order valence-corrected chi connectivity index (χ1v) is 17.0. The number of carbonyl (C=O) groups is 2. The van der Waals surface area contributed by atoms with E-state index < -0.39 is 0 Å². The molecule has 0 bridgehead atoms. The summed E-state index contributed by atoms with van der Waals surface area (Å²) in [5.74, 6) is 0.597. The molecule has 10 nitrogen and oxygen atoms in total. The van der Waals surface area contributed by atoms with Crippen LogP contribution in [-0.2, 0) is 11.3 Å². The van der Waals surface area contributed by atoms with Gasteiger partial charge in [0.25, 0.3) is 11.8 Å². The van der Waals surface area contributed by atoms with Gasteiger partial charge in [0, 0.05) is 18.1 Å². The molecule has 246 valence electrons. The van der Waals surface area contributed by atoms with Crippen molar-refractivity contribution in [2.24, 2.45) is 5.10 Å². The van der Waals surface area contributed by atoms with E-state index >= 15 is 0 Å². The highest BCUT2D eigenvalue weighted by Crippen LogP contribution is 2.35. The Bertz CT molecular complexity index is 1960. The number of aromatic nitrogens is 3. The molecule has 1 aliphatic heterocycles. The van der Waals surface area contributed by atoms with Crippen molar-refractivity contribution in [3.05, 3.63) is 117 Å². The molecule has 3 heterocycles. The first-order valence-electron chi connectivity index (χ1n) is 15.1. The number of thioether (sulfide) groups is 1. The Kier molecular flexibility index (Phi) is 9.88. The molecular formula is C35H33FN6O4S2. The number of hydrogen-bond acceptors (Lipinski definition) is 9. The summed E-state index contributed by atoms with van der Waals surface area (Å²) in [5, 5.41) is 20.5. The van der Waals surface area contributed by atoms with E-state index in [4.69, 9.17) is 14.6 Å². The van der Waals surface area contributed by atoms with Crippen molar-refractivity contribution in [3.8, 4) is 17.2 Å². The molecule has 0 aliphatic carbocycles. The van der Waals surface area contributed by atoms with Gasteiger partial charge in [-0.25, -0.2) is 9.40 Å². The zero-order chi connectivity index (χ0) is 33.8. The SMILES string of the molecule is COc1cc(OC)cc(C(=O)NCc2nnc(SCC(=O)N3N=C(c4cccs4)C[C@H]3c3ccc(F)cc3)n2-c2cccc(C)c2C)c1. The molecule has 2 amide bonds. The van der Waals surface area contributed by atoms with Crippen LogP contribution in [0.3, 0.4) is 0 Å². The highest BCUT2D eigenvalue weighted by molar-refractivity contribution is 7.99. The maximum Gasteiger partial charge on any atom is 0.253 e. The van der Waals surface area contributed by atoms with Gasteiger partial charge >= 0.3 is 0 Å². The standard InChI is InChI=1S/C35H33FN6O4S2/c1-21-7-5-8-29(22(21)2)41-32(19-37-34(44)24-15-26(45-3)17-27(16-24)46-4)38-39-35(41)48-20-33(43)42-30(23-10-12-25(36)13-11-23)18-28(40-42)31-9-6-14-47-31/h5-17,30H,18-20H2,1-4H3,(H,37,44)/t30-/m0/s1. The maximum atomic E-state index is 13.8. The minimum Gasteiger partial charge on any atom is -0.497 e. The first-order chi connectivity index (χ1) is 23.2. The average molecular weight is 685 g/mol. The topological polar surface area (TPSA) is 111 Å². The zero-order valence-electron chi connectivity index (χ0n) is 26.8. The monoisotopic (exact) mass is 684 g/mol. The first kappa shape index (κ1) is 32.9. The molecule has 2 aromatic heterocycles. The van der Waals surface area contributed by atoms with E-state index in [9.17, 15) is 14.0 Å². The van der Waals surface area contributed by atoms with Crippen molar-refractivity contribution < 1.29 is 23.5 Å². The third-order valence-corrected chi connectivity index (χ3v) is 9.92. The molecule has 13 heteroatoms. The van der Waals surface area contributed by atoms with Gasteiger partial charge < -0.3 is 14.8 Å². The van der Waals surface area contributed by atoms with E-state index in [1.165, 1.54) is 43.1 Å². The van der Waals surface area contributed by atoms with Crippen LogP contribution in [0.5, 0.6) is 11.5 Å². The van der Waals surface area contributed by atoms with Crippen LogP contribution in [0.1, 0.15) is 50.2 Å². The molecular weight excluding hydrogens is 652 g/mol. The van der Waals surface area contributed by atoms with Crippen LogP contribution in [0.25, 0.3) is 5.69 Å². The van der Waals surface area contributed by atoms with Crippen LogP contribution in [0.15, 0.2) is 88.4 Å². The van der Waals surface area contributed by atoms with Gasteiger partial charge in [0.05, 0.1) is 48.8 Å². The number of methoxy groups -OCH3 is 2. The second-order valence-electron chi connectivity index (χ2n) is 11.1. The molecule has 1 aliphatic rings. The highest BCUT2D eigenvalue weighted by atomic mass is 32.2. The molecule has 6 rings (SSSR count). The van der Waals surface area contributed by atoms with Crippen LogP contribution in [0.2, 0.25) is 0 Å². The molecule has 0 saturated carbocycles. The summed E-state index contributed by atoms with van der Waals surface area (Å²) < 4.78 is 26.3. The Balaban J connectivity index is 1.26. The lowest BCUT2D eigenvalue weighted by molar-refractivity contribution is -0.130. The number of aryl methyl sites for hydroxylation is 1. The number of nitrogens with one attached hydrogen (secondary N) is 1. The molecule has 3 aromatic carbocycles. The zero-order valence-corrected chi connectivity index (χ0v) is 28.4. The van der Waals surface area contributed by atoms with Gasteiger partial charge in [-0.2, -0.15) is 5.10 Å². The Morgan fingerprint density at radius 1 is 1.00 bits per heavy atom. The predicted octanol–water partition coefficient (Wildman–Crippen LogP) is 6.50. The lowest BCUT2D eigenvalue weighted by Crippen LogP contribution is -2.28. The Morgan fingerprint density at radius 3 is 2.44 bits per heavy atom. The number of amides is 2. The van der Waals surface area contributed by atoms with Crippen LogP contribution >= 0.6 is 23.1 Å². The molecule has 5 aromatic rings. The number of halogens is 1. The molecule has 48 heavy (non-hydrogen) atoms. The van der Waals surface area contributed by atoms with E-state index in [2.05, 4.69) is 15.5 Å². The molecule has 0 saturated heterocycles. The summed E-state index contributed by atoms with van der Waals surface area (Å²) >= 11 is 2.80. The fraction of sp³-hybridized carbons (Fsp3) is 0.229. The van der Waals surface area contributed by atoms with Gasteiger partial charge in [0.2, 0.25) is 0 Å². The van der Waals surface area contributed by atoms with Crippen molar-refractivity contribution in [2.75, 3.05) is 20.0 Å². The third-order valence-electron chi connectivity index (χ3n) is 8.09. The minimum absolute atomic E-state index is 0.0257. The van der Waals surface area contributed by atoms with Crippen molar-refractivity contribution in [1.82, 2.24) is 25.1 Å². The average Bonchev–Trinajstić information content (AvgIpc) is 3.88. The van der Waals surface area contributed by atoms with Gasteiger partial charge in [-0.3, -0.25) is 14.2 Å². The normalized spacial score (nSPS) is 14.1. The number of rotatable bonds is 11. The number of carbonyl (C=O) groups excluding carboxylic acids is 2. The fourth-order valence-electron chi connectivity index (χ4n) is 5.40. The maximum absolute atomic E-state index is 13.8. The van der Waals surface area contributed by atoms with Crippen molar-refractivity contribution >= 4 is 40.6 Å². The Hall–Kier alpha value is -5.01. The summed E-state index contributed by atoms with van der Waals surface area (Å²) in [4.78, 5) is 28.0. The quantitative estimate of drug-likeness (QED) is 0.158. The van der Waals surface area contributed by atoms with E-state index in [1.807, 2.05) is 54.1 Å². The second kappa shape index (κ2) is 14.4. The number of nitrogens with zero attached hydrogens (tertiary/aromatic N) is 5. The summed E-state index contributed by atoms with van der Waals surface area (Å²) in [6.45, 7) is 4.09. The van der Waals surface area contributed by atoms with E-state index in [0.29, 0.717) is 34.5 Å². The molecule has 1 atom stereocenters. The molecule has 1 N–H and O–H groups in total. The number of ether oxygens (including phenoxy) is 2. The van der Waals surface area contributed by atoms with Crippen LogP contribution in [-0.4, -0.2) is 57.3 Å². The smallest absolute Gasteiger partial charge is 0.253 e. The van der Waals surface area contributed by atoms with Crippen LogP contribution in [0.4, 0.5) is 4.39 Å². The van der Waals surface area contributed by atoms with Crippen molar-refractivity contribution in [1.29, 1.82) is 0 Å². The van der Waals surface area contributed by atoms with Gasteiger partial charge in [-0.1, -0.05) is 42.1 Å². The van der Waals surface area contributed by atoms with E-state index in [0.717, 1.165) is 33.0 Å².